The van der Waals surface area contributed by atoms with Crippen LogP contribution in [0.25, 0.3) is 0 Å². The number of carbonyl (C=O) groups is 1. The molecule has 8 nitrogen and oxygen atoms in total. The molecule has 0 spiro atoms. The summed E-state index contributed by atoms with van der Waals surface area (Å²) in [5, 5.41) is 11.3. The highest BCUT2D eigenvalue weighted by atomic mass is 19.4. The normalized spacial score (nSPS) is 14.5. The summed E-state index contributed by atoms with van der Waals surface area (Å²) in [6.07, 6.45) is -3.23. The molecule has 30 heavy (non-hydrogen) atoms. The zero-order valence-corrected chi connectivity index (χ0v) is 16.1. The topological polar surface area (TPSA) is 88.8 Å². The Hall–Kier alpha value is -3.37. The molecule has 0 saturated carbocycles. The molecule has 1 saturated heterocycles. The van der Waals surface area contributed by atoms with E-state index >= 15 is 0 Å². The first-order valence-electron chi connectivity index (χ1n) is 9.19. The molecule has 0 aliphatic carbocycles. The van der Waals surface area contributed by atoms with Crippen molar-refractivity contribution in [2.24, 2.45) is 0 Å². The molecule has 1 aliphatic heterocycles. The van der Waals surface area contributed by atoms with E-state index in [4.69, 9.17) is 4.74 Å². The van der Waals surface area contributed by atoms with Crippen molar-refractivity contribution in [1.82, 2.24) is 4.98 Å². The second kappa shape index (κ2) is 8.56. The zero-order valence-electron chi connectivity index (χ0n) is 16.1. The Bertz CT molecular complexity index is 926. The lowest BCUT2D eigenvalue weighted by atomic mass is 10.1. The molecule has 1 aliphatic rings. The second-order valence-corrected chi connectivity index (χ2v) is 6.56. The largest absolute Gasteiger partial charge is 0.462 e. The van der Waals surface area contributed by atoms with Gasteiger partial charge in [-0.05, 0) is 31.2 Å². The number of nitrogens with zero attached hydrogens (tertiary/aromatic N) is 4. The van der Waals surface area contributed by atoms with Gasteiger partial charge in [0.15, 0.2) is 0 Å². The number of nitro benzene ring substituents is 1. The first kappa shape index (κ1) is 21.3. The minimum absolute atomic E-state index is 0.151. The Morgan fingerprint density at radius 3 is 2.37 bits per heavy atom. The number of benzene rings is 1. The zero-order chi connectivity index (χ0) is 21.9. The van der Waals surface area contributed by atoms with Crippen LogP contribution in [0.1, 0.15) is 22.8 Å². The number of hydrogen-bond donors (Lipinski definition) is 0. The third kappa shape index (κ3) is 4.61. The molecule has 1 fully saturated rings. The number of anilines is 2. The molecule has 0 N–H and O–H groups in total. The molecular formula is C19H19F3N4O4. The highest BCUT2D eigenvalue weighted by Crippen LogP contribution is 2.36. The number of carbonyl (C=O) groups excluding carboxylic acids is 1. The van der Waals surface area contributed by atoms with E-state index in [1.807, 2.05) is 4.90 Å². The molecule has 0 amide bonds. The van der Waals surface area contributed by atoms with E-state index in [1.54, 1.807) is 24.0 Å². The van der Waals surface area contributed by atoms with Crippen LogP contribution in [0.4, 0.5) is 30.4 Å². The lowest BCUT2D eigenvalue weighted by Crippen LogP contribution is -2.47. The summed E-state index contributed by atoms with van der Waals surface area (Å²) in [6, 6.07) is 5.85. The maximum Gasteiger partial charge on any atom is 0.416 e. The van der Waals surface area contributed by atoms with Gasteiger partial charge in [0.05, 0.1) is 22.7 Å². The highest BCUT2D eigenvalue weighted by Gasteiger charge is 2.34. The fourth-order valence-corrected chi connectivity index (χ4v) is 3.20. The van der Waals surface area contributed by atoms with Crippen molar-refractivity contribution in [3.05, 3.63) is 57.8 Å². The first-order chi connectivity index (χ1) is 14.2. The number of aromatic nitrogens is 1. The number of alkyl halides is 3. The smallest absolute Gasteiger partial charge is 0.416 e. The van der Waals surface area contributed by atoms with Crippen molar-refractivity contribution >= 4 is 23.2 Å². The number of esters is 1. The van der Waals surface area contributed by atoms with Crippen LogP contribution in [0.15, 0.2) is 36.5 Å². The SMILES string of the molecule is CCOC(=O)c1ccc(N2CCN(c3ccc(C(F)(F)F)cc3[N+](=O)[O-])CC2)nc1. The van der Waals surface area contributed by atoms with Gasteiger partial charge in [-0.15, -0.1) is 0 Å². The van der Waals surface area contributed by atoms with Crippen LogP contribution in [-0.4, -0.2) is 48.7 Å². The number of ether oxygens (including phenoxy) is 1. The van der Waals surface area contributed by atoms with Crippen LogP contribution in [-0.2, 0) is 10.9 Å². The number of pyridine rings is 1. The number of nitro groups is 1. The summed E-state index contributed by atoms with van der Waals surface area (Å²) in [5.74, 6) is 0.167. The Morgan fingerprint density at radius 2 is 1.83 bits per heavy atom. The van der Waals surface area contributed by atoms with E-state index in [2.05, 4.69) is 4.98 Å². The predicted octanol–water partition coefficient (Wildman–Crippen LogP) is 3.51. The third-order valence-corrected chi connectivity index (χ3v) is 4.70. The lowest BCUT2D eigenvalue weighted by Gasteiger charge is -2.36. The van der Waals surface area contributed by atoms with Crippen LogP contribution >= 0.6 is 0 Å². The standard InChI is InChI=1S/C19H19F3N4O4/c1-2-30-18(27)13-3-6-17(23-12-13)25-9-7-24(8-10-25)15-5-4-14(19(20,21)22)11-16(15)26(28)29/h3-6,11-12H,2,7-10H2,1H3. The molecule has 160 valence electrons. The molecule has 1 aromatic heterocycles. The van der Waals surface area contributed by atoms with Crippen molar-refractivity contribution < 1.29 is 27.6 Å². The van der Waals surface area contributed by atoms with Gasteiger partial charge in [0, 0.05) is 38.4 Å². The van der Waals surface area contributed by atoms with Crippen LogP contribution in [0.5, 0.6) is 0 Å². The van der Waals surface area contributed by atoms with Crippen LogP contribution in [0, 0.1) is 10.1 Å². The fourth-order valence-electron chi connectivity index (χ4n) is 3.20. The van der Waals surface area contributed by atoms with Gasteiger partial charge in [0.2, 0.25) is 0 Å². The molecule has 3 rings (SSSR count). The van der Waals surface area contributed by atoms with Gasteiger partial charge in [0.25, 0.3) is 5.69 Å². The molecule has 0 bridgehead atoms. The minimum atomic E-state index is -4.65. The molecular weight excluding hydrogens is 405 g/mol. The molecule has 0 radical (unpaired) electrons. The van der Waals surface area contributed by atoms with E-state index in [1.165, 1.54) is 6.20 Å². The van der Waals surface area contributed by atoms with E-state index in [0.717, 1.165) is 12.1 Å². The molecule has 11 heteroatoms. The van der Waals surface area contributed by atoms with Crippen molar-refractivity contribution in [1.29, 1.82) is 0 Å². The van der Waals surface area contributed by atoms with Crippen molar-refractivity contribution in [3.63, 3.8) is 0 Å². The van der Waals surface area contributed by atoms with Crippen LogP contribution in [0.2, 0.25) is 0 Å². The summed E-state index contributed by atoms with van der Waals surface area (Å²) in [7, 11) is 0. The summed E-state index contributed by atoms with van der Waals surface area (Å²) in [6.45, 7) is 3.63. The Labute approximate surface area is 170 Å². The van der Waals surface area contributed by atoms with Gasteiger partial charge in [-0.2, -0.15) is 13.2 Å². The highest BCUT2D eigenvalue weighted by molar-refractivity contribution is 5.89. The lowest BCUT2D eigenvalue weighted by molar-refractivity contribution is -0.384. The number of halogens is 3. The molecule has 1 aromatic carbocycles. The monoisotopic (exact) mass is 424 g/mol. The molecule has 0 atom stereocenters. The fraction of sp³-hybridized carbons (Fsp3) is 0.368. The molecule has 0 unspecified atom stereocenters. The number of rotatable bonds is 5. The van der Waals surface area contributed by atoms with Gasteiger partial charge in [0.1, 0.15) is 11.5 Å². The molecule has 2 aromatic rings. The average molecular weight is 424 g/mol. The Morgan fingerprint density at radius 1 is 1.17 bits per heavy atom. The van der Waals surface area contributed by atoms with Gasteiger partial charge >= 0.3 is 12.1 Å². The Balaban J connectivity index is 1.71. The summed E-state index contributed by atoms with van der Waals surface area (Å²) < 4.78 is 43.6. The van der Waals surface area contributed by atoms with Gasteiger partial charge in [-0.3, -0.25) is 10.1 Å². The van der Waals surface area contributed by atoms with Crippen molar-refractivity contribution in [2.75, 3.05) is 42.6 Å². The quantitative estimate of drug-likeness (QED) is 0.412. The van der Waals surface area contributed by atoms with Crippen molar-refractivity contribution in [3.8, 4) is 0 Å². The van der Waals surface area contributed by atoms with Gasteiger partial charge < -0.3 is 14.5 Å². The average Bonchev–Trinajstić information content (AvgIpc) is 2.73. The van der Waals surface area contributed by atoms with Crippen molar-refractivity contribution in [2.45, 2.75) is 13.1 Å². The predicted molar refractivity (Wildman–Crippen MR) is 103 cm³/mol. The summed E-state index contributed by atoms with van der Waals surface area (Å²) in [5.41, 5.74) is -1.14. The van der Waals surface area contributed by atoms with E-state index in [9.17, 15) is 28.1 Å². The number of piperazine rings is 1. The minimum Gasteiger partial charge on any atom is -0.462 e. The number of hydrogen-bond acceptors (Lipinski definition) is 7. The van der Waals surface area contributed by atoms with Gasteiger partial charge in [-0.25, -0.2) is 9.78 Å². The van der Waals surface area contributed by atoms with E-state index in [0.29, 0.717) is 43.6 Å². The van der Waals surface area contributed by atoms with E-state index < -0.39 is 28.3 Å². The first-order valence-corrected chi connectivity index (χ1v) is 9.19. The van der Waals surface area contributed by atoms with Crippen LogP contribution in [0.3, 0.4) is 0 Å². The molecule has 2 heterocycles. The third-order valence-electron chi connectivity index (χ3n) is 4.70. The Kier molecular flexibility index (Phi) is 6.09. The maximum absolute atomic E-state index is 12.9. The second-order valence-electron chi connectivity index (χ2n) is 6.56. The van der Waals surface area contributed by atoms with E-state index in [-0.39, 0.29) is 12.3 Å². The van der Waals surface area contributed by atoms with Crippen LogP contribution < -0.4 is 9.80 Å². The van der Waals surface area contributed by atoms with Gasteiger partial charge in [-0.1, -0.05) is 0 Å². The summed E-state index contributed by atoms with van der Waals surface area (Å²) >= 11 is 0. The summed E-state index contributed by atoms with van der Waals surface area (Å²) in [4.78, 5) is 30.1. The maximum atomic E-state index is 12.9.